The summed E-state index contributed by atoms with van der Waals surface area (Å²) in [7, 11) is 0. The molecule has 0 fully saturated rings. The summed E-state index contributed by atoms with van der Waals surface area (Å²) >= 11 is 0. The number of rotatable bonds is 3. The zero-order chi connectivity index (χ0) is 10.7. The predicted octanol–water partition coefficient (Wildman–Crippen LogP) is 1.46. The first-order chi connectivity index (χ1) is 6.52. The van der Waals surface area contributed by atoms with E-state index >= 15 is 0 Å². The Morgan fingerprint density at radius 2 is 2.14 bits per heavy atom. The molecule has 1 aromatic carbocycles. The number of carbonyl (C=O) groups excluding carboxylic acids is 1. The molecule has 1 aromatic rings. The summed E-state index contributed by atoms with van der Waals surface area (Å²) in [6, 6.07) is 3.62. The molecule has 1 rings (SSSR count). The van der Waals surface area contributed by atoms with Crippen LogP contribution < -0.4 is 0 Å². The summed E-state index contributed by atoms with van der Waals surface area (Å²) in [5.74, 6) is -2.54. The van der Waals surface area contributed by atoms with Gasteiger partial charge in [0.15, 0.2) is 17.4 Å². The van der Waals surface area contributed by atoms with Gasteiger partial charge in [-0.05, 0) is 18.6 Å². The van der Waals surface area contributed by atoms with Crippen molar-refractivity contribution in [3.8, 4) is 0 Å². The van der Waals surface area contributed by atoms with Crippen LogP contribution in [0.1, 0.15) is 12.5 Å². The number of aliphatic hydroxyl groups is 1. The molecule has 1 unspecified atom stereocenters. The van der Waals surface area contributed by atoms with Crippen molar-refractivity contribution in [2.45, 2.75) is 19.4 Å². The smallest absolute Gasteiger partial charge is 0.165 e. The molecule has 0 saturated carbocycles. The van der Waals surface area contributed by atoms with Crippen LogP contribution in [0.15, 0.2) is 18.2 Å². The number of Topliss-reactive ketones (excluding diaryl/α,β-unsaturated/α-hetero) is 1. The Morgan fingerprint density at radius 1 is 1.50 bits per heavy atom. The first-order valence-electron chi connectivity index (χ1n) is 4.16. The van der Waals surface area contributed by atoms with E-state index in [1.165, 1.54) is 19.1 Å². The van der Waals surface area contributed by atoms with Crippen molar-refractivity contribution in [2.75, 3.05) is 0 Å². The lowest BCUT2D eigenvalue weighted by Crippen LogP contribution is -2.19. The SMILES string of the molecule is CC(O)C(=O)Cc1cccc(F)c1F. The average Bonchev–Trinajstić information content (AvgIpc) is 2.12. The van der Waals surface area contributed by atoms with E-state index in [-0.39, 0.29) is 12.0 Å². The molecule has 0 saturated heterocycles. The first kappa shape index (κ1) is 10.8. The molecule has 4 heteroatoms. The van der Waals surface area contributed by atoms with Crippen molar-refractivity contribution in [2.24, 2.45) is 0 Å². The first-order valence-corrected chi connectivity index (χ1v) is 4.16. The summed E-state index contributed by atoms with van der Waals surface area (Å²) in [4.78, 5) is 11.0. The molecule has 0 aliphatic carbocycles. The summed E-state index contributed by atoms with van der Waals surface area (Å²) < 4.78 is 25.7. The van der Waals surface area contributed by atoms with E-state index in [0.29, 0.717) is 0 Å². The monoisotopic (exact) mass is 200 g/mol. The van der Waals surface area contributed by atoms with E-state index in [2.05, 4.69) is 0 Å². The Labute approximate surface area is 80.2 Å². The highest BCUT2D eigenvalue weighted by Crippen LogP contribution is 2.12. The van der Waals surface area contributed by atoms with Crippen molar-refractivity contribution in [3.05, 3.63) is 35.4 Å². The molecule has 1 atom stereocenters. The van der Waals surface area contributed by atoms with Gasteiger partial charge in [-0.1, -0.05) is 12.1 Å². The topological polar surface area (TPSA) is 37.3 Å². The van der Waals surface area contributed by atoms with Crippen LogP contribution in [0.3, 0.4) is 0 Å². The second kappa shape index (κ2) is 4.28. The molecule has 1 N–H and O–H groups in total. The van der Waals surface area contributed by atoms with Gasteiger partial charge in [0.05, 0.1) is 0 Å². The number of hydrogen-bond donors (Lipinski definition) is 1. The maximum absolute atomic E-state index is 13.0. The van der Waals surface area contributed by atoms with Crippen LogP contribution in [-0.4, -0.2) is 17.0 Å². The van der Waals surface area contributed by atoms with Crippen molar-refractivity contribution < 1.29 is 18.7 Å². The minimum absolute atomic E-state index is 0.0316. The normalized spacial score (nSPS) is 12.6. The Morgan fingerprint density at radius 3 is 2.71 bits per heavy atom. The third-order valence-corrected chi connectivity index (χ3v) is 1.86. The van der Waals surface area contributed by atoms with Crippen LogP contribution >= 0.6 is 0 Å². The van der Waals surface area contributed by atoms with Gasteiger partial charge in [-0.3, -0.25) is 4.79 Å². The fourth-order valence-corrected chi connectivity index (χ4v) is 1.02. The van der Waals surface area contributed by atoms with Gasteiger partial charge < -0.3 is 5.11 Å². The highest BCUT2D eigenvalue weighted by molar-refractivity contribution is 5.84. The van der Waals surface area contributed by atoms with Gasteiger partial charge in [0.1, 0.15) is 6.10 Å². The predicted molar refractivity (Wildman–Crippen MR) is 46.7 cm³/mol. The minimum Gasteiger partial charge on any atom is -0.386 e. The van der Waals surface area contributed by atoms with Crippen molar-refractivity contribution >= 4 is 5.78 Å². The molecule has 2 nitrogen and oxygen atoms in total. The summed E-state index contributed by atoms with van der Waals surface area (Å²) in [5.41, 5.74) is -0.0316. The number of hydrogen-bond acceptors (Lipinski definition) is 2. The fraction of sp³-hybridized carbons (Fsp3) is 0.300. The second-order valence-electron chi connectivity index (χ2n) is 3.03. The highest BCUT2D eigenvalue weighted by Gasteiger charge is 2.14. The molecule has 0 aromatic heterocycles. The van der Waals surface area contributed by atoms with Gasteiger partial charge in [-0.15, -0.1) is 0 Å². The van der Waals surface area contributed by atoms with Gasteiger partial charge in [0.2, 0.25) is 0 Å². The lowest BCUT2D eigenvalue weighted by atomic mass is 10.1. The molecule has 0 bridgehead atoms. The van der Waals surface area contributed by atoms with E-state index < -0.39 is 23.5 Å². The maximum atomic E-state index is 13.0. The Kier molecular flexibility index (Phi) is 3.30. The molecular weight excluding hydrogens is 190 g/mol. The lowest BCUT2D eigenvalue weighted by Gasteiger charge is -2.04. The van der Waals surface area contributed by atoms with Gasteiger partial charge >= 0.3 is 0 Å². The highest BCUT2D eigenvalue weighted by atomic mass is 19.2. The summed E-state index contributed by atoms with van der Waals surface area (Å²) in [6.45, 7) is 1.29. The molecule has 76 valence electrons. The number of benzene rings is 1. The third-order valence-electron chi connectivity index (χ3n) is 1.86. The van der Waals surface area contributed by atoms with Crippen LogP contribution in [-0.2, 0) is 11.2 Å². The molecule has 0 amide bonds. The molecule has 0 aliphatic heterocycles. The standard InChI is InChI=1S/C10H10F2O2/c1-6(13)9(14)5-7-3-2-4-8(11)10(7)12/h2-4,6,13H,5H2,1H3. The second-order valence-corrected chi connectivity index (χ2v) is 3.03. The van der Waals surface area contributed by atoms with Crippen LogP contribution in [0.5, 0.6) is 0 Å². The van der Waals surface area contributed by atoms with Crippen LogP contribution in [0, 0.1) is 11.6 Å². The summed E-state index contributed by atoms with van der Waals surface area (Å²) in [5, 5.41) is 8.88. The number of halogens is 2. The quantitative estimate of drug-likeness (QED) is 0.801. The van der Waals surface area contributed by atoms with Crippen molar-refractivity contribution in [1.29, 1.82) is 0 Å². The minimum atomic E-state index is -1.15. The average molecular weight is 200 g/mol. The Bertz CT molecular complexity index is 348. The summed E-state index contributed by atoms with van der Waals surface area (Å²) in [6.07, 6.45) is -1.45. The van der Waals surface area contributed by atoms with Gasteiger partial charge in [-0.25, -0.2) is 8.78 Å². The Balaban J connectivity index is 2.87. The fourth-order valence-electron chi connectivity index (χ4n) is 1.02. The van der Waals surface area contributed by atoms with Crippen LogP contribution in [0.2, 0.25) is 0 Å². The van der Waals surface area contributed by atoms with Gasteiger partial charge in [-0.2, -0.15) is 0 Å². The lowest BCUT2D eigenvalue weighted by molar-refractivity contribution is -0.125. The zero-order valence-corrected chi connectivity index (χ0v) is 7.63. The third kappa shape index (κ3) is 2.35. The van der Waals surface area contributed by atoms with Crippen molar-refractivity contribution in [3.63, 3.8) is 0 Å². The number of ketones is 1. The van der Waals surface area contributed by atoms with Gasteiger partial charge in [0.25, 0.3) is 0 Å². The van der Waals surface area contributed by atoms with Crippen LogP contribution in [0.4, 0.5) is 8.78 Å². The van der Waals surface area contributed by atoms with E-state index in [9.17, 15) is 13.6 Å². The van der Waals surface area contributed by atoms with E-state index in [0.717, 1.165) is 6.07 Å². The van der Waals surface area contributed by atoms with Crippen LogP contribution in [0.25, 0.3) is 0 Å². The largest absolute Gasteiger partial charge is 0.386 e. The molecule has 14 heavy (non-hydrogen) atoms. The molecular formula is C10H10F2O2. The van der Waals surface area contributed by atoms with Gasteiger partial charge in [0, 0.05) is 6.42 Å². The van der Waals surface area contributed by atoms with E-state index in [1.54, 1.807) is 0 Å². The van der Waals surface area contributed by atoms with E-state index in [4.69, 9.17) is 5.11 Å². The zero-order valence-electron chi connectivity index (χ0n) is 7.63. The number of aliphatic hydroxyl groups excluding tert-OH is 1. The Hall–Kier alpha value is -1.29. The number of carbonyl (C=O) groups is 1. The molecule has 0 spiro atoms. The molecule has 0 aliphatic rings. The molecule has 0 radical (unpaired) electrons. The molecule has 0 heterocycles. The van der Waals surface area contributed by atoms with Crippen molar-refractivity contribution in [1.82, 2.24) is 0 Å². The van der Waals surface area contributed by atoms with E-state index in [1.807, 2.05) is 0 Å². The maximum Gasteiger partial charge on any atom is 0.165 e.